The van der Waals surface area contributed by atoms with Crippen molar-refractivity contribution in [2.75, 3.05) is 34.9 Å². The molecule has 0 aromatic heterocycles. The van der Waals surface area contributed by atoms with Gasteiger partial charge in [0, 0.05) is 62.5 Å². The number of methoxy groups -OCH3 is 2. The van der Waals surface area contributed by atoms with Gasteiger partial charge >= 0.3 is 6.09 Å². The van der Waals surface area contributed by atoms with Gasteiger partial charge in [0.2, 0.25) is 23.6 Å². The Hall–Kier alpha value is -3.10. The highest BCUT2D eigenvalue weighted by molar-refractivity contribution is 14.2. The molecule has 14 nitrogen and oxygen atoms in total. The first kappa shape index (κ1) is 55.5. The molecule has 17 heteroatoms. The van der Waals surface area contributed by atoms with Crippen LogP contribution in [-0.4, -0.2) is 133 Å². The molecular formula is C49H74IN5O9S2. The fourth-order valence-electron chi connectivity index (χ4n) is 9.68. The number of halogens is 1. The lowest BCUT2D eigenvalue weighted by atomic mass is 9.89. The number of ether oxygens (including phenoxy) is 3. The van der Waals surface area contributed by atoms with E-state index in [2.05, 4.69) is 44.0 Å². The number of nitrogens with zero attached hydrogens (tertiary/aromatic N) is 3. The molecule has 1 saturated heterocycles. The highest BCUT2D eigenvalue weighted by atomic mass is 127. The molecule has 1 aliphatic carbocycles. The van der Waals surface area contributed by atoms with E-state index in [1.165, 1.54) is 12.0 Å². The van der Waals surface area contributed by atoms with Crippen LogP contribution < -0.4 is 10.6 Å². The molecule has 2 aliphatic rings. The van der Waals surface area contributed by atoms with E-state index < -0.39 is 66.5 Å². The van der Waals surface area contributed by atoms with Gasteiger partial charge in [0.05, 0.1) is 54.0 Å². The van der Waals surface area contributed by atoms with E-state index in [1.807, 2.05) is 84.0 Å². The normalized spacial score (nSPS) is 21.2. The zero-order valence-corrected chi connectivity index (χ0v) is 44.6. The summed E-state index contributed by atoms with van der Waals surface area (Å²) in [6.45, 7) is 15.5. The van der Waals surface area contributed by atoms with Crippen LogP contribution in [0.4, 0.5) is 4.79 Å². The summed E-state index contributed by atoms with van der Waals surface area (Å²) >= 11 is 2.23. The Bertz CT molecular complexity index is 1920. The van der Waals surface area contributed by atoms with Crippen LogP contribution in [-0.2, 0) is 39.8 Å². The maximum Gasteiger partial charge on any atom is 0.410 e. The Balaban J connectivity index is 1.46. The third-order valence-electron chi connectivity index (χ3n) is 13.6. The van der Waals surface area contributed by atoms with Crippen molar-refractivity contribution in [2.45, 2.75) is 147 Å². The smallest absolute Gasteiger partial charge is 0.410 e. The van der Waals surface area contributed by atoms with Crippen LogP contribution in [0.25, 0.3) is 0 Å². The average Bonchev–Trinajstić information content (AvgIpc) is 3.92. The van der Waals surface area contributed by atoms with Crippen molar-refractivity contribution in [3.63, 3.8) is 0 Å². The van der Waals surface area contributed by atoms with E-state index in [9.17, 15) is 29.1 Å². The van der Waals surface area contributed by atoms with Gasteiger partial charge in [-0.15, -0.1) is 0 Å². The van der Waals surface area contributed by atoms with Gasteiger partial charge in [-0.1, -0.05) is 120 Å². The molecule has 0 spiro atoms. The maximum absolute atomic E-state index is 14.7. The number of hydrogen-bond donors (Lipinski definition) is 3. The summed E-state index contributed by atoms with van der Waals surface area (Å²) in [5, 5.41) is 16.8. The Kier molecular flexibility index (Phi) is 21.9. The average molecular weight is 1070 g/mol. The van der Waals surface area contributed by atoms with E-state index in [0.717, 1.165) is 17.5 Å². The highest BCUT2D eigenvalue weighted by Crippen LogP contribution is 2.50. The summed E-state index contributed by atoms with van der Waals surface area (Å²) in [7, 11) is 9.57. The third-order valence-corrected chi connectivity index (χ3v) is 17.1. The minimum Gasteiger partial charge on any atom is -0.444 e. The molecule has 1 aliphatic heterocycles. The number of rotatable bonds is 23. The molecule has 0 bridgehead atoms. The number of likely N-dealkylation sites (N-methyl/N-ethyl adjacent to an activating group) is 2. The number of benzene rings is 2. The van der Waals surface area contributed by atoms with Crippen LogP contribution in [0, 0.1) is 23.7 Å². The van der Waals surface area contributed by atoms with Crippen LogP contribution in [0.5, 0.6) is 0 Å². The van der Waals surface area contributed by atoms with Gasteiger partial charge < -0.3 is 39.8 Å². The molecular weight excluding hydrogens is 994 g/mol. The fraction of sp³-hybridized carbons (Fsp3) is 0.653. The Morgan fingerprint density at radius 1 is 0.879 bits per heavy atom. The topological polar surface area (TPSA) is 167 Å². The summed E-state index contributed by atoms with van der Waals surface area (Å²) in [6.07, 6.45) is -0.629. The molecule has 1 heterocycles. The summed E-state index contributed by atoms with van der Waals surface area (Å²) < 4.78 is 18.2. The van der Waals surface area contributed by atoms with Crippen LogP contribution in [0.1, 0.15) is 109 Å². The fourth-order valence-corrected chi connectivity index (χ4v) is 13.3. The lowest BCUT2D eigenvalue weighted by Gasteiger charge is -2.41. The molecule has 0 unspecified atom stereocenters. The van der Waals surface area contributed by atoms with Crippen molar-refractivity contribution < 1.29 is 43.3 Å². The van der Waals surface area contributed by atoms with Gasteiger partial charge in [-0.3, -0.25) is 24.1 Å². The first-order valence-electron chi connectivity index (χ1n) is 23.2. The summed E-state index contributed by atoms with van der Waals surface area (Å²) in [5.41, 5.74) is 2.97. The Morgan fingerprint density at radius 3 is 2.12 bits per heavy atom. The number of likely N-dealkylation sites (tertiary alicyclic amines) is 1. The molecule has 3 N–H and O–H groups in total. The van der Waals surface area contributed by atoms with E-state index in [4.69, 9.17) is 14.2 Å². The molecule has 2 aromatic carbocycles. The van der Waals surface area contributed by atoms with E-state index >= 15 is 0 Å². The lowest BCUT2D eigenvalue weighted by Crippen LogP contribution is -2.60. The van der Waals surface area contributed by atoms with Gasteiger partial charge in [0.1, 0.15) is 18.2 Å². The van der Waals surface area contributed by atoms with Crippen LogP contribution in [0.15, 0.2) is 54.6 Å². The molecule has 1 fully saturated rings. The second kappa shape index (κ2) is 26.0. The Labute approximate surface area is 413 Å². The predicted molar refractivity (Wildman–Crippen MR) is 271 cm³/mol. The van der Waals surface area contributed by atoms with Gasteiger partial charge in [0.15, 0.2) is 0 Å². The zero-order valence-electron chi connectivity index (χ0n) is 40.8. The van der Waals surface area contributed by atoms with Crippen molar-refractivity contribution in [3.05, 3.63) is 71.3 Å². The summed E-state index contributed by atoms with van der Waals surface area (Å²) in [6, 6.07) is 13.9. The molecule has 4 rings (SSSR count). The molecule has 368 valence electrons. The van der Waals surface area contributed by atoms with Crippen molar-refractivity contribution in [1.29, 1.82) is 0 Å². The second-order valence-electron chi connectivity index (χ2n) is 18.7. The van der Waals surface area contributed by atoms with Crippen LogP contribution in [0.3, 0.4) is 0 Å². The van der Waals surface area contributed by atoms with Gasteiger partial charge in [-0.05, 0) is 62.2 Å². The van der Waals surface area contributed by atoms with Crippen molar-refractivity contribution in [2.24, 2.45) is 23.7 Å². The molecule has 2 aromatic rings. The second-order valence-corrected chi connectivity index (χ2v) is 23.7. The number of fused-ring (bicyclic) bond motifs is 1. The van der Waals surface area contributed by atoms with Crippen molar-refractivity contribution in [3.8, 4) is 0 Å². The largest absolute Gasteiger partial charge is 0.444 e. The number of hydrogen-bond acceptors (Lipinski definition) is 11. The minimum absolute atomic E-state index is 0.0278. The monoisotopic (exact) mass is 1070 g/mol. The van der Waals surface area contributed by atoms with Crippen molar-refractivity contribution >= 4 is 69.7 Å². The summed E-state index contributed by atoms with van der Waals surface area (Å²) in [5.74, 6) is -2.64. The van der Waals surface area contributed by atoms with Gasteiger partial charge in [0.25, 0.3) is 0 Å². The molecule has 66 heavy (non-hydrogen) atoms. The quantitative estimate of drug-likeness (QED) is 0.0735. The number of carbonyl (C=O) groups excluding carboxylic acids is 5. The molecule has 0 radical (unpaired) electrons. The first-order chi connectivity index (χ1) is 31.3. The summed E-state index contributed by atoms with van der Waals surface area (Å²) in [4.78, 5) is 75.5. The van der Waals surface area contributed by atoms with Crippen LogP contribution in [0.2, 0.25) is 0 Å². The third kappa shape index (κ3) is 13.6. The van der Waals surface area contributed by atoms with Gasteiger partial charge in [-0.25, -0.2) is 4.79 Å². The lowest BCUT2D eigenvalue weighted by molar-refractivity contribution is -0.148. The predicted octanol–water partition coefficient (Wildman–Crippen LogP) is 7.78. The zero-order chi connectivity index (χ0) is 49.0. The number of amides is 5. The van der Waals surface area contributed by atoms with Crippen LogP contribution >= 0.6 is 40.0 Å². The van der Waals surface area contributed by atoms with E-state index in [0.29, 0.717) is 31.4 Å². The van der Waals surface area contributed by atoms with Gasteiger partial charge in [-0.2, -0.15) is 0 Å². The standard InChI is InChI=1S/C49H74IN5O9S2/c1-13-30(6)42(37(62-11)27-39(56)55-25-19-24-36(55)44(63-12)31(7)46(58)51-32(8)43(57)33-20-15-14-16-21-33)53(9)48(60)40(28(2)3)52-47(59)41(29(4)5)54(10)49(61)64-38-26-34-22-17-18-23-35(34)45(38)65-66-50/h14-18,20-23,28-32,36-38,40-45,57H,13,19,24-27H2,1-12H3,(H,51,58)(H,52,59)/t30-,31+,32+,36-,37+,38+,40-,41-,42-,43+,44+,45+/m0/s1. The molecule has 5 amide bonds. The molecule has 0 saturated carbocycles. The van der Waals surface area contributed by atoms with Crippen molar-refractivity contribution in [1.82, 2.24) is 25.3 Å². The number of nitrogens with one attached hydrogen (secondary N) is 2. The van der Waals surface area contributed by atoms with E-state index in [-0.39, 0.29) is 53.2 Å². The minimum atomic E-state index is -0.951. The number of aliphatic hydroxyl groups is 1. The number of aliphatic hydroxyl groups excluding tert-OH is 1. The Morgan fingerprint density at radius 2 is 1.53 bits per heavy atom. The first-order valence-corrected chi connectivity index (χ1v) is 28.0. The molecule has 12 atom stereocenters. The van der Waals surface area contributed by atoms with E-state index in [1.54, 1.807) is 63.6 Å². The SMILES string of the molecule is CC[C@H](C)[C@@H]([C@@H](CC(=O)N1CCC[C@H]1[C@H](OC)[C@@H](C)C(=O)N[C@H](C)[C@@H](O)c1ccccc1)OC)N(C)C(=O)[C@@H](NC(=O)[C@H](C(C)C)N(C)C(=O)O[C@@H]1Cc2ccccc2[C@H]1SSI)C(C)C. The highest BCUT2D eigenvalue weighted by Gasteiger charge is 2.44. The number of carbonyl (C=O) groups is 5. The maximum atomic E-state index is 14.7.